The van der Waals surface area contributed by atoms with Crippen LogP contribution in [0.5, 0.6) is 0 Å². The van der Waals surface area contributed by atoms with Crippen LogP contribution in [0.15, 0.2) is 29.1 Å². The van der Waals surface area contributed by atoms with E-state index in [0.29, 0.717) is 30.6 Å². The summed E-state index contributed by atoms with van der Waals surface area (Å²) < 4.78 is 0. The smallest absolute Gasteiger partial charge is 0.480 e. The minimum Gasteiger partial charge on any atom is -0.480 e. The summed E-state index contributed by atoms with van der Waals surface area (Å²) in [5.74, 6) is -4.43. The Balaban J connectivity index is 0.0000106. The molecular weight excluding hydrogens is 744 g/mol. The summed E-state index contributed by atoms with van der Waals surface area (Å²) in [6.07, 6.45) is 2.00. The number of benzene rings is 1. The number of aryl methyl sites for hydroxylation is 1. The number of carbonyl (C=O) groups excluding carboxylic acids is 2. The molecule has 2 aromatic rings. The van der Waals surface area contributed by atoms with Gasteiger partial charge in [-0.05, 0) is 43.9 Å². The summed E-state index contributed by atoms with van der Waals surface area (Å²) in [5, 5.41) is 43.1. The number of pyridine rings is 1. The number of aromatic amines is 1. The number of aliphatic hydroxyl groups is 1. The molecule has 0 saturated carbocycles. The third kappa shape index (κ3) is 16.7. The summed E-state index contributed by atoms with van der Waals surface area (Å²) in [4.78, 5) is 78.2. The second kappa shape index (κ2) is 21.9. The van der Waals surface area contributed by atoms with E-state index in [1.165, 1.54) is 20.8 Å². The predicted octanol–water partition coefficient (Wildman–Crippen LogP) is -0.786. The summed E-state index contributed by atoms with van der Waals surface area (Å²) in [5.41, 5.74) is 1.40. The standard InChI is InChI=1S/C29H42N6O10.Eu/c1-20-13-24(37)32-23-14-21(5-6-22(20)23)31-26(39)16-35(19-29(44)45)11-9-33(17-27(40)41)8-10-34(18-28(42)43)15-25(38)30-7-3-2-4-12-36;/h5-6,13-14,36H,2-4,7-12,15-19H2,1H3,(H,30,38)(H,31,39)(H,32,37)(H,40,41)(H,42,43)(H,44,45);/q;+3. The van der Waals surface area contributed by atoms with E-state index >= 15 is 0 Å². The van der Waals surface area contributed by atoms with Crippen molar-refractivity contribution in [2.75, 3.05) is 77.4 Å². The number of nitrogens with zero attached hydrogens (tertiary/aromatic N) is 3. The van der Waals surface area contributed by atoms with Crippen LogP contribution in [0.2, 0.25) is 0 Å². The molecule has 0 bridgehead atoms. The zero-order chi connectivity index (χ0) is 33.4. The minimum absolute atomic E-state index is 0. The zero-order valence-corrected chi connectivity index (χ0v) is 28.1. The number of anilines is 1. The van der Waals surface area contributed by atoms with Gasteiger partial charge in [0, 0.05) is 56.5 Å². The number of rotatable bonds is 22. The minimum atomic E-state index is -1.19. The van der Waals surface area contributed by atoms with E-state index < -0.39 is 49.4 Å². The van der Waals surface area contributed by atoms with Crippen molar-refractivity contribution in [1.29, 1.82) is 0 Å². The monoisotopic (exact) mass is 787 g/mol. The van der Waals surface area contributed by atoms with Crippen LogP contribution in [0.1, 0.15) is 24.8 Å². The maximum absolute atomic E-state index is 12.8. The van der Waals surface area contributed by atoms with Gasteiger partial charge in [0.25, 0.3) is 0 Å². The fourth-order valence-electron chi connectivity index (χ4n) is 4.65. The Morgan fingerprint density at radius 3 is 1.85 bits per heavy atom. The normalized spacial score (nSPS) is 11.1. The number of H-pyrrole nitrogens is 1. The fourth-order valence-corrected chi connectivity index (χ4v) is 4.65. The van der Waals surface area contributed by atoms with Crippen LogP contribution in [-0.2, 0) is 24.0 Å². The molecular formula is C29H42EuN6O10+3. The van der Waals surface area contributed by atoms with Gasteiger partial charge in [0.1, 0.15) is 0 Å². The van der Waals surface area contributed by atoms with Crippen LogP contribution in [0.4, 0.5) is 5.69 Å². The average Bonchev–Trinajstić information content (AvgIpc) is 2.92. The molecule has 1 aromatic heterocycles. The van der Waals surface area contributed by atoms with Crippen molar-refractivity contribution in [3.8, 4) is 0 Å². The van der Waals surface area contributed by atoms with Crippen LogP contribution in [0.25, 0.3) is 10.9 Å². The van der Waals surface area contributed by atoms with Crippen LogP contribution in [-0.4, -0.2) is 142 Å². The number of hydrogen-bond donors (Lipinski definition) is 7. The molecule has 7 N–H and O–H groups in total. The van der Waals surface area contributed by atoms with E-state index in [-0.39, 0.29) is 101 Å². The Morgan fingerprint density at radius 1 is 0.739 bits per heavy atom. The molecule has 46 heavy (non-hydrogen) atoms. The number of carboxylic acids is 3. The van der Waals surface area contributed by atoms with Gasteiger partial charge >= 0.3 is 67.3 Å². The SMILES string of the molecule is Cc1cc(=O)[nH]c2cc(NC(=O)CN(CCN(CCN(CC(=O)O)CC(=O)NCCCCCO)CC(=O)O)CC(=O)O)ccc12.[Eu+3]. The summed E-state index contributed by atoms with van der Waals surface area (Å²) >= 11 is 0. The molecule has 16 nitrogen and oxygen atoms in total. The molecule has 0 atom stereocenters. The Kier molecular flexibility index (Phi) is 19.6. The molecule has 17 heteroatoms. The molecule has 0 unspecified atom stereocenters. The van der Waals surface area contributed by atoms with E-state index in [4.69, 9.17) is 5.11 Å². The van der Waals surface area contributed by atoms with Gasteiger partial charge in [0.05, 0.1) is 38.2 Å². The molecule has 0 radical (unpaired) electrons. The number of hydrogen-bond acceptors (Lipinski definition) is 10. The average molecular weight is 787 g/mol. The van der Waals surface area contributed by atoms with Crippen LogP contribution >= 0.6 is 0 Å². The van der Waals surface area contributed by atoms with Gasteiger partial charge in [0.2, 0.25) is 17.4 Å². The van der Waals surface area contributed by atoms with E-state index in [1.807, 2.05) is 0 Å². The van der Waals surface area contributed by atoms with Crippen LogP contribution < -0.4 is 16.2 Å². The summed E-state index contributed by atoms with van der Waals surface area (Å²) in [6, 6.07) is 6.45. The second-order valence-corrected chi connectivity index (χ2v) is 10.6. The molecule has 1 aromatic carbocycles. The van der Waals surface area contributed by atoms with Gasteiger partial charge in [-0.3, -0.25) is 43.5 Å². The van der Waals surface area contributed by atoms with Gasteiger partial charge < -0.3 is 36.0 Å². The van der Waals surface area contributed by atoms with Gasteiger partial charge in [-0.15, -0.1) is 0 Å². The van der Waals surface area contributed by atoms with Crippen molar-refractivity contribution < 1.29 is 93.8 Å². The Bertz CT molecular complexity index is 1390. The number of aliphatic carboxylic acids is 3. The van der Waals surface area contributed by atoms with Crippen LogP contribution in [0, 0.1) is 56.3 Å². The molecule has 252 valence electrons. The molecule has 1 heterocycles. The Hall–Kier alpha value is -2.80. The number of carbonyl (C=O) groups is 5. The molecule has 0 fully saturated rings. The molecule has 0 aliphatic heterocycles. The number of unbranched alkanes of at least 4 members (excludes halogenated alkanes) is 2. The largest absolute Gasteiger partial charge is 3.00 e. The first-order valence-electron chi connectivity index (χ1n) is 14.5. The van der Waals surface area contributed by atoms with Crippen molar-refractivity contribution in [1.82, 2.24) is 25.0 Å². The number of fused-ring (bicyclic) bond motifs is 1. The predicted molar refractivity (Wildman–Crippen MR) is 164 cm³/mol. The van der Waals surface area contributed by atoms with Crippen LogP contribution in [0.3, 0.4) is 0 Å². The summed E-state index contributed by atoms with van der Waals surface area (Å²) in [7, 11) is 0. The second-order valence-electron chi connectivity index (χ2n) is 10.6. The zero-order valence-electron chi connectivity index (χ0n) is 25.7. The Morgan fingerprint density at radius 2 is 1.28 bits per heavy atom. The van der Waals surface area contributed by atoms with Crippen molar-refractivity contribution in [3.63, 3.8) is 0 Å². The maximum Gasteiger partial charge on any atom is 3.00 e. The molecule has 0 aliphatic rings. The van der Waals surface area contributed by atoms with Crippen molar-refractivity contribution in [3.05, 3.63) is 40.2 Å². The number of carboxylic acid groups (broad SMARTS) is 3. The first-order valence-corrected chi connectivity index (χ1v) is 14.5. The number of nitrogens with one attached hydrogen (secondary N) is 3. The first kappa shape index (κ1) is 41.2. The van der Waals surface area contributed by atoms with Gasteiger partial charge in [-0.1, -0.05) is 6.07 Å². The van der Waals surface area contributed by atoms with Crippen molar-refractivity contribution in [2.45, 2.75) is 26.2 Å². The van der Waals surface area contributed by atoms with E-state index in [1.54, 1.807) is 25.1 Å². The third-order valence-electron chi connectivity index (χ3n) is 6.77. The number of amides is 2. The van der Waals surface area contributed by atoms with Gasteiger partial charge in [0.15, 0.2) is 0 Å². The van der Waals surface area contributed by atoms with Crippen molar-refractivity contribution >= 4 is 46.3 Å². The van der Waals surface area contributed by atoms with E-state index in [2.05, 4.69) is 15.6 Å². The molecule has 0 spiro atoms. The number of aliphatic hydroxyl groups excluding tert-OH is 1. The molecule has 0 saturated heterocycles. The molecule has 2 amide bonds. The Labute approximate surface area is 306 Å². The number of aromatic nitrogens is 1. The molecule has 0 aliphatic carbocycles. The third-order valence-corrected chi connectivity index (χ3v) is 6.77. The van der Waals surface area contributed by atoms with E-state index in [9.17, 15) is 44.1 Å². The molecule has 2 rings (SSSR count). The maximum atomic E-state index is 12.8. The first-order chi connectivity index (χ1) is 21.4. The fraction of sp³-hybridized carbons (Fsp3) is 0.517. The topological polar surface area (TPSA) is 233 Å². The van der Waals surface area contributed by atoms with Gasteiger partial charge in [-0.2, -0.15) is 0 Å². The van der Waals surface area contributed by atoms with Crippen molar-refractivity contribution in [2.24, 2.45) is 0 Å². The quantitative estimate of drug-likeness (QED) is 0.0727. The summed E-state index contributed by atoms with van der Waals surface area (Å²) in [6.45, 7) is 0.449. The van der Waals surface area contributed by atoms with Gasteiger partial charge in [-0.25, -0.2) is 0 Å². The van der Waals surface area contributed by atoms with E-state index in [0.717, 1.165) is 17.4 Å².